The van der Waals surface area contributed by atoms with E-state index in [9.17, 15) is 41.0 Å². The van der Waals surface area contributed by atoms with Crippen molar-refractivity contribution >= 4 is 17.8 Å². The molecule has 1 aromatic rings. The van der Waals surface area contributed by atoms with Crippen LogP contribution in [0.5, 0.6) is 0 Å². The maximum Gasteiger partial charge on any atom is 0.419 e. The molecule has 0 spiro atoms. The van der Waals surface area contributed by atoms with Crippen LogP contribution in [-0.4, -0.2) is 88.6 Å². The number of halogens is 6. The molecule has 214 valence electrons. The SMILES string of the molecule is C[C@@H](CO[C@@H]1CCN(C2CCN(c3ncc(C(F)(F)F)cn3)CC2O)C1=O)OC1=CN=NC(=O)C1C(F)(F)F. The average molecular weight is 566 g/mol. The number of alkyl halides is 6. The molecule has 0 radical (unpaired) electrons. The highest BCUT2D eigenvalue weighted by molar-refractivity contribution is 5.83. The lowest BCUT2D eigenvalue weighted by Crippen LogP contribution is -2.55. The predicted octanol–water partition coefficient (Wildman–Crippen LogP) is 2.47. The third-order valence-corrected chi connectivity index (χ3v) is 6.46. The minimum Gasteiger partial charge on any atom is -0.490 e. The van der Waals surface area contributed by atoms with E-state index in [2.05, 4.69) is 20.2 Å². The number of rotatable bonds is 7. The van der Waals surface area contributed by atoms with E-state index in [1.807, 2.05) is 0 Å². The molecule has 1 aromatic heterocycles. The largest absolute Gasteiger partial charge is 0.490 e. The quantitative estimate of drug-likeness (QED) is 0.499. The van der Waals surface area contributed by atoms with Crippen LogP contribution in [-0.2, 0) is 25.2 Å². The Labute approximate surface area is 217 Å². The first-order valence-electron chi connectivity index (χ1n) is 11.9. The Balaban J connectivity index is 1.28. The number of ether oxygens (including phenoxy) is 2. The molecule has 11 nitrogen and oxygen atoms in total. The maximum atomic E-state index is 13.2. The van der Waals surface area contributed by atoms with Crippen LogP contribution in [0, 0.1) is 5.92 Å². The van der Waals surface area contributed by atoms with Crippen LogP contribution < -0.4 is 4.90 Å². The molecule has 3 aliphatic heterocycles. The van der Waals surface area contributed by atoms with Crippen molar-refractivity contribution in [2.24, 2.45) is 16.1 Å². The van der Waals surface area contributed by atoms with Gasteiger partial charge in [-0.05, 0) is 13.3 Å². The van der Waals surface area contributed by atoms with Crippen LogP contribution in [0.4, 0.5) is 32.3 Å². The van der Waals surface area contributed by atoms with Gasteiger partial charge >= 0.3 is 12.4 Å². The third kappa shape index (κ3) is 6.46. The fraction of sp³-hybridized carbons (Fsp3) is 0.636. The molecule has 3 unspecified atom stereocenters. The number of aliphatic hydroxyl groups excluding tert-OH is 1. The number of azo groups is 1. The molecule has 4 rings (SSSR count). The second-order valence-corrected chi connectivity index (χ2v) is 9.27. The molecule has 2 saturated heterocycles. The van der Waals surface area contributed by atoms with Crippen molar-refractivity contribution in [3.05, 3.63) is 29.9 Å². The molecule has 5 atom stereocenters. The van der Waals surface area contributed by atoms with Gasteiger partial charge < -0.3 is 24.4 Å². The van der Waals surface area contributed by atoms with Crippen LogP contribution in [0.1, 0.15) is 25.3 Å². The van der Waals surface area contributed by atoms with E-state index in [0.29, 0.717) is 25.0 Å². The molecule has 39 heavy (non-hydrogen) atoms. The molecule has 0 aliphatic carbocycles. The first-order valence-corrected chi connectivity index (χ1v) is 11.9. The number of β-amino-alcohol motifs (C(OH)–C–C–N with tert-alkyl or cyclic N) is 1. The zero-order chi connectivity index (χ0) is 28.5. The Bertz CT molecular complexity index is 1130. The van der Waals surface area contributed by atoms with E-state index in [0.717, 1.165) is 0 Å². The van der Waals surface area contributed by atoms with Gasteiger partial charge in [0.05, 0.1) is 30.5 Å². The summed E-state index contributed by atoms with van der Waals surface area (Å²) < 4.78 is 88.7. The summed E-state index contributed by atoms with van der Waals surface area (Å²) >= 11 is 0. The van der Waals surface area contributed by atoms with Gasteiger partial charge in [0.15, 0.2) is 5.92 Å². The summed E-state index contributed by atoms with van der Waals surface area (Å²) in [5, 5.41) is 16.8. The molecule has 4 heterocycles. The van der Waals surface area contributed by atoms with E-state index in [1.54, 1.807) is 0 Å². The minimum atomic E-state index is -4.92. The first kappa shape index (κ1) is 28.7. The van der Waals surface area contributed by atoms with E-state index < -0.39 is 65.8 Å². The standard InChI is InChI=1S/C22H24F6N6O5/c1-11(39-16-8-31-32-18(36)17(16)22(26,27)28)10-38-15-3-5-34(19(15)37)13-2-4-33(9-14(13)35)20-29-6-12(7-30-20)21(23,24)25/h6-8,11,13-15,17,35H,2-5,9-10H2,1H3/t11-,13?,14?,15+,17?/m0/s1. The van der Waals surface area contributed by atoms with Gasteiger partial charge in [-0.2, -0.15) is 31.5 Å². The predicted molar refractivity (Wildman–Crippen MR) is 118 cm³/mol. The van der Waals surface area contributed by atoms with Crippen LogP contribution in [0.3, 0.4) is 0 Å². The fourth-order valence-corrected chi connectivity index (χ4v) is 4.57. The average Bonchev–Trinajstić information content (AvgIpc) is 3.21. The highest BCUT2D eigenvalue weighted by atomic mass is 19.4. The van der Waals surface area contributed by atoms with Gasteiger partial charge in [0.1, 0.15) is 18.0 Å². The second-order valence-electron chi connectivity index (χ2n) is 9.27. The number of piperidine rings is 1. The van der Waals surface area contributed by atoms with Gasteiger partial charge in [-0.3, -0.25) is 9.59 Å². The minimum absolute atomic E-state index is 0.0122. The second kappa shape index (κ2) is 11.0. The number of likely N-dealkylation sites (tertiary alicyclic amines) is 1. The van der Waals surface area contributed by atoms with Crippen molar-refractivity contribution < 1.29 is 50.5 Å². The summed E-state index contributed by atoms with van der Waals surface area (Å²) in [5.74, 6) is -5.18. The highest BCUT2D eigenvalue weighted by Gasteiger charge is 2.50. The topological polar surface area (TPSA) is 130 Å². The van der Waals surface area contributed by atoms with Crippen molar-refractivity contribution in [2.75, 3.05) is 31.1 Å². The molecule has 1 N–H and O–H groups in total. The lowest BCUT2D eigenvalue weighted by molar-refractivity contribution is -0.183. The van der Waals surface area contributed by atoms with E-state index in [1.165, 1.54) is 16.7 Å². The summed E-state index contributed by atoms with van der Waals surface area (Å²) in [6.07, 6.45) is -9.82. The zero-order valence-corrected chi connectivity index (χ0v) is 20.4. The van der Waals surface area contributed by atoms with Crippen molar-refractivity contribution in [2.45, 2.75) is 56.5 Å². The first-order chi connectivity index (χ1) is 18.3. The number of carbonyl (C=O) groups is 2. The smallest absolute Gasteiger partial charge is 0.419 e. The van der Waals surface area contributed by atoms with E-state index in [-0.39, 0.29) is 38.6 Å². The Morgan fingerprint density at radius 1 is 1.10 bits per heavy atom. The van der Waals surface area contributed by atoms with Gasteiger partial charge in [-0.25, -0.2) is 9.97 Å². The van der Waals surface area contributed by atoms with Gasteiger partial charge in [0.25, 0.3) is 11.8 Å². The normalized spacial score (nSPS) is 27.1. The van der Waals surface area contributed by atoms with E-state index in [4.69, 9.17) is 9.47 Å². The zero-order valence-electron chi connectivity index (χ0n) is 20.4. The number of hydrogen-bond acceptors (Lipinski definition) is 9. The third-order valence-electron chi connectivity index (χ3n) is 6.46. The molecule has 3 aliphatic rings. The highest BCUT2D eigenvalue weighted by Crippen LogP contribution is 2.36. The maximum absolute atomic E-state index is 13.2. The number of hydrogen-bond donors (Lipinski definition) is 1. The molecule has 0 aromatic carbocycles. The van der Waals surface area contributed by atoms with Gasteiger partial charge in [-0.1, -0.05) is 0 Å². The summed E-state index contributed by atoms with van der Waals surface area (Å²) in [5.41, 5.74) is -0.996. The molecule has 0 saturated carbocycles. The summed E-state index contributed by atoms with van der Waals surface area (Å²) in [6.45, 7) is 1.67. The molecule has 2 amide bonds. The number of nitrogens with zero attached hydrogens (tertiary/aromatic N) is 6. The van der Waals surface area contributed by atoms with Gasteiger partial charge in [0.2, 0.25) is 5.95 Å². The van der Waals surface area contributed by atoms with Crippen molar-refractivity contribution in [1.82, 2.24) is 14.9 Å². The molecular weight excluding hydrogens is 542 g/mol. The Hall–Kier alpha value is -3.34. The number of aliphatic hydroxyl groups is 1. The van der Waals surface area contributed by atoms with Crippen LogP contribution in [0.2, 0.25) is 0 Å². The fourth-order valence-electron chi connectivity index (χ4n) is 4.57. The van der Waals surface area contributed by atoms with Gasteiger partial charge in [-0.15, -0.1) is 5.11 Å². The molecule has 17 heteroatoms. The summed E-state index contributed by atoms with van der Waals surface area (Å²) in [4.78, 5) is 34.9. The van der Waals surface area contributed by atoms with E-state index >= 15 is 0 Å². The number of carbonyl (C=O) groups excluding carboxylic acids is 2. The number of anilines is 1. The van der Waals surface area contributed by atoms with Crippen molar-refractivity contribution in [1.29, 1.82) is 0 Å². The van der Waals surface area contributed by atoms with Crippen molar-refractivity contribution in [3.8, 4) is 0 Å². The lowest BCUT2D eigenvalue weighted by Gasteiger charge is -2.40. The molecular formula is C22H24F6N6O5. The van der Waals surface area contributed by atoms with Crippen LogP contribution in [0.25, 0.3) is 0 Å². The summed E-state index contributed by atoms with van der Waals surface area (Å²) in [7, 11) is 0. The lowest BCUT2D eigenvalue weighted by atomic mass is 10.0. The van der Waals surface area contributed by atoms with Gasteiger partial charge in [0, 0.05) is 38.4 Å². The molecule has 0 bridgehead atoms. The monoisotopic (exact) mass is 566 g/mol. The Morgan fingerprint density at radius 2 is 1.79 bits per heavy atom. The van der Waals surface area contributed by atoms with Crippen LogP contribution in [0.15, 0.2) is 34.6 Å². The molecule has 2 fully saturated rings. The Morgan fingerprint density at radius 3 is 2.41 bits per heavy atom. The number of amides is 2. The summed E-state index contributed by atoms with van der Waals surface area (Å²) in [6, 6.07) is -0.582. The number of aromatic nitrogens is 2. The Kier molecular flexibility index (Phi) is 8.11. The van der Waals surface area contributed by atoms with Crippen LogP contribution >= 0.6 is 0 Å². The van der Waals surface area contributed by atoms with Crippen molar-refractivity contribution in [3.63, 3.8) is 0 Å².